The van der Waals surface area contributed by atoms with Crippen LogP contribution in [0.5, 0.6) is 0 Å². The van der Waals surface area contributed by atoms with Crippen molar-refractivity contribution in [3.05, 3.63) is 38.1 Å². The predicted octanol–water partition coefficient (Wildman–Crippen LogP) is 4.40. The summed E-state index contributed by atoms with van der Waals surface area (Å²) in [5, 5.41) is 0.644. The minimum absolute atomic E-state index is 0.342. The highest BCUT2D eigenvalue weighted by Crippen LogP contribution is 2.32. The van der Waals surface area contributed by atoms with Gasteiger partial charge in [-0.25, -0.2) is 9.78 Å². The van der Waals surface area contributed by atoms with Gasteiger partial charge in [-0.05, 0) is 35.0 Å². The molecule has 18 heavy (non-hydrogen) atoms. The highest BCUT2D eigenvalue weighted by atomic mass is 79.9. The van der Waals surface area contributed by atoms with Gasteiger partial charge in [-0.1, -0.05) is 35.1 Å². The predicted molar refractivity (Wildman–Crippen MR) is 76.2 cm³/mol. The largest absolute Gasteiger partial charge is 0.462 e. The van der Waals surface area contributed by atoms with Crippen LogP contribution in [-0.4, -0.2) is 17.6 Å². The third-order valence-electron chi connectivity index (χ3n) is 2.18. The van der Waals surface area contributed by atoms with Gasteiger partial charge < -0.3 is 4.74 Å². The fourth-order valence-electron chi connectivity index (χ4n) is 1.43. The molecule has 0 N–H and O–H groups in total. The van der Waals surface area contributed by atoms with Gasteiger partial charge in [-0.15, -0.1) is 0 Å². The molecule has 0 unspecified atom stereocenters. The molecular formula is C12H9BrClNO2S. The molecule has 1 aromatic carbocycles. The van der Waals surface area contributed by atoms with Gasteiger partial charge in [0.15, 0.2) is 3.92 Å². The number of nitrogens with zero attached hydrogens (tertiary/aromatic N) is 1. The quantitative estimate of drug-likeness (QED) is 0.773. The van der Waals surface area contributed by atoms with Gasteiger partial charge in [0.25, 0.3) is 0 Å². The second-order valence-corrected chi connectivity index (χ2v) is 6.08. The van der Waals surface area contributed by atoms with Crippen LogP contribution in [0.25, 0.3) is 11.3 Å². The Bertz CT molecular complexity index is 568. The Labute approximate surface area is 122 Å². The normalized spacial score (nSPS) is 10.4. The number of hydrogen-bond acceptors (Lipinski definition) is 4. The first-order valence-corrected chi connectivity index (χ1v) is 7.20. The molecule has 0 aliphatic carbocycles. The number of carbonyl (C=O) groups excluding carboxylic acids is 1. The lowest BCUT2D eigenvalue weighted by Crippen LogP contribution is -2.03. The van der Waals surface area contributed by atoms with Crippen LogP contribution in [0.1, 0.15) is 16.6 Å². The highest BCUT2D eigenvalue weighted by Gasteiger charge is 2.19. The lowest BCUT2D eigenvalue weighted by molar-refractivity contribution is 0.0532. The summed E-state index contributed by atoms with van der Waals surface area (Å²) < 4.78 is 5.66. The average molecular weight is 347 g/mol. The number of ether oxygens (including phenoxy) is 1. The van der Waals surface area contributed by atoms with Crippen molar-refractivity contribution in [2.24, 2.45) is 0 Å². The molecule has 3 nitrogen and oxygen atoms in total. The maximum atomic E-state index is 11.8. The lowest BCUT2D eigenvalue weighted by atomic mass is 10.1. The highest BCUT2D eigenvalue weighted by molar-refractivity contribution is 9.11. The summed E-state index contributed by atoms with van der Waals surface area (Å²) in [5.74, 6) is -0.356. The van der Waals surface area contributed by atoms with E-state index in [-0.39, 0.29) is 5.97 Å². The molecule has 1 aromatic heterocycles. The van der Waals surface area contributed by atoms with Crippen LogP contribution in [0, 0.1) is 0 Å². The van der Waals surface area contributed by atoms with Crippen LogP contribution in [0.3, 0.4) is 0 Å². The van der Waals surface area contributed by atoms with Crippen molar-refractivity contribution in [1.29, 1.82) is 0 Å². The van der Waals surface area contributed by atoms with Crippen molar-refractivity contribution < 1.29 is 9.53 Å². The summed E-state index contributed by atoms with van der Waals surface area (Å²) in [6.07, 6.45) is 0. The summed E-state index contributed by atoms with van der Waals surface area (Å²) in [5.41, 5.74) is 1.45. The Kier molecular flexibility index (Phi) is 4.37. The second kappa shape index (κ2) is 5.82. The third-order valence-corrected chi connectivity index (χ3v) is 3.92. The smallest absolute Gasteiger partial charge is 0.350 e. The van der Waals surface area contributed by atoms with Gasteiger partial charge in [-0.2, -0.15) is 0 Å². The molecule has 0 spiro atoms. The van der Waals surface area contributed by atoms with E-state index in [9.17, 15) is 4.79 Å². The third kappa shape index (κ3) is 2.91. The van der Waals surface area contributed by atoms with Crippen LogP contribution in [0.15, 0.2) is 28.2 Å². The molecule has 0 saturated carbocycles. The summed E-state index contributed by atoms with van der Waals surface area (Å²) in [6.45, 7) is 2.12. The van der Waals surface area contributed by atoms with Crippen molar-refractivity contribution >= 4 is 44.8 Å². The van der Waals surface area contributed by atoms with Crippen LogP contribution in [-0.2, 0) is 4.74 Å². The molecule has 0 aliphatic rings. The Balaban J connectivity index is 2.44. The number of hydrogen-bond donors (Lipinski definition) is 0. The topological polar surface area (TPSA) is 39.2 Å². The van der Waals surface area contributed by atoms with E-state index < -0.39 is 0 Å². The van der Waals surface area contributed by atoms with E-state index in [1.54, 1.807) is 19.1 Å². The number of benzene rings is 1. The number of halogens is 2. The van der Waals surface area contributed by atoms with Crippen LogP contribution < -0.4 is 0 Å². The Morgan fingerprint density at radius 2 is 2.11 bits per heavy atom. The van der Waals surface area contributed by atoms with Gasteiger partial charge in [-0.3, -0.25) is 0 Å². The van der Waals surface area contributed by atoms with Crippen molar-refractivity contribution in [2.75, 3.05) is 6.61 Å². The average Bonchev–Trinajstić information content (AvgIpc) is 2.73. The Hall–Kier alpha value is -0.910. The summed E-state index contributed by atoms with van der Waals surface area (Å²) >= 11 is 10.4. The molecule has 0 fully saturated rings. The summed E-state index contributed by atoms with van der Waals surface area (Å²) in [7, 11) is 0. The zero-order valence-electron chi connectivity index (χ0n) is 9.44. The molecule has 0 saturated heterocycles. The monoisotopic (exact) mass is 345 g/mol. The molecule has 94 valence electrons. The van der Waals surface area contributed by atoms with E-state index in [4.69, 9.17) is 16.3 Å². The van der Waals surface area contributed by atoms with Gasteiger partial charge in [0.2, 0.25) is 0 Å². The second-order valence-electron chi connectivity index (χ2n) is 3.37. The Morgan fingerprint density at radius 1 is 1.44 bits per heavy atom. The minimum Gasteiger partial charge on any atom is -0.462 e. The number of aromatic nitrogens is 1. The fraction of sp³-hybridized carbons (Fsp3) is 0.167. The first-order chi connectivity index (χ1) is 8.61. The van der Waals surface area contributed by atoms with Crippen LogP contribution in [0.4, 0.5) is 0 Å². The maximum absolute atomic E-state index is 11.8. The molecule has 0 atom stereocenters. The molecule has 0 amide bonds. The van der Waals surface area contributed by atoms with Crippen molar-refractivity contribution in [3.8, 4) is 11.3 Å². The summed E-state index contributed by atoms with van der Waals surface area (Å²) in [4.78, 5) is 16.6. The maximum Gasteiger partial charge on any atom is 0.350 e. The zero-order chi connectivity index (χ0) is 13.1. The Morgan fingerprint density at radius 3 is 2.72 bits per heavy atom. The molecule has 0 bridgehead atoms. The molecule has 1 heterocycles. The number of carbonyl (C=O) groups is 1. The van der Waals surface area contributed by atoms with Crippen LogP contribution in [0.2, 0.25) is 5.02 Å². The van der Waals surface area contributed by atoms with Gasteiger partial charge in [0, 0.05) is 10.6 Å². The number of rotatable bonds is 3. The number of esters is 1. The minimum atomic E-state index is -0.356. The molecule has 0 radical (unpaired) electrons. The number of thiazole rings is 1. The first-order valence-electron chi connectivity index (χ1n) is 5.21. The van der Waals surface area contributed by atoms with Gasteiger partial charge in [0.1, 0.15) is 4.88 Å². The lowest BCUT2D eigenvalue weighted by Gasteiger charge is -2.02. The van der Waals surface area contributed by atoms with E-state index in [0.29, 0.717) is 26.1 Å². The fourth-order valence-corrected chi connectivity index (χ4v) is 2.93. The standard InChI is InChI=1S/C12H9BrClNO2S/c1-2-17-11(16)10-9(15-12(13)18-10)7-3-5-8(14)6-4-7/h3-6H,2H2,1H3. The van der Waals surface area contributed by atoms with Crippen molar-refractivity contribution in [1.82, 2.24) is 4.98 Å². The first kappa shape index (κ1) is 13.5. The van der Waals surface area contributed by atoms with E-state index in [0.717, 1.165) is 5.56 Å². The SMILES string of the molecule is CCOC(=O)c1sc(Br)nc1-c1ccc(Cl)cc1. The summed E-state index contributed by atoms with van der Waals surface area (Å²) in [6, 6.07) is 7.18. The molecule has 2 rings (SSSR count). The van der Waals surface area contributed by atoms with Gasteiger partial charge in [0.05, 0.1) is 12.3 Å². The molecular weight excluding hydrogens is 338 g/mol. The van der Waals surface area contributed by atoms with E-state index >= 15 is 0 Å². The van der Waals surface area contributed by atoms with Crippen molar-refractivity contribution in [2.45, 2.75) is 6.92 Å². The van der Waals surface area contributed by atoms with Crippen LogP contribution >= 0.6 is 38.9 Å². The van der Waals surface area contributed by atoms with Crippen molar-refractivity contribution in [3.63, 3.8) is 0 Å². The zero-order valence-corrected chi connectivity index (χ0v) is 12.6. The molecule has 6 heteroatoms. The van der Waals surface area contributed by atoms with E-state index in [1.165, 1.54) is 11.3 Å². The van der Waals surface area contributed by atoms with E-state index in [1.807, 2.05) is 12.1 Å². The van der Waals surface area contributed by atoms with E-state index in [2.05, 4.69) is 20.9 Å². The van der Waals surface area contributed by atoms with Gasteiger partial charge >= 0.3 is 5.97 Å². The molecule has 2 aromatic rings. The molecule has 0 aliphatic heterocycles.